The van der Waals surface area contributed by atoms with E-state index in [9.17, 15) is 26.4 Å². The fourth-order valence-electron chi connectivity index (χ4n) is 2.32. The van der Waals surface area contributed by atoms with Crippen molar-refractivity contribution in [2.75, 3.05) is 40.0 Å². The number of halogens is 4. The van der Waals surface area contributed by atoms with Gasteiger partial charge >= 0.3 is 12.1 Å². The van der Waals surface area contributed by atoms with Gasteiger partial charge in [-0.05, 0) is 53.7 Å². The van der Waals surface area contributed by atoms with Gasteiger partial charge in [0.15, 0.2) is 20.7 Å². The highest BCUT2D eigenvalue weighted by Crippen LogP contribution is 2.30. The first kappa shape index (κ1) is 27.9. The van der Waals surface area contributed by atoms with Crippen LogP contribution in [0.2, 0.25) is 0 Å². The molecule has 0 spiro atoms. The minimum absolute atomic E-state index is 0.0260. The van der Waals surface area contributed by atoms with Gasteiger partial charge in [-0.25, -0.2) is 13.4 Å². The number of aromatic nitrogens is 2. The summed E-state index contributed by atoms with van der Waals surface area (Å²) in [5, 5.41) is -0.0695. The fraction of sp³-hybridized carbons (Fsp3) is 0.368. The summed E-state index contributed by atoms with van der Waals surface area (Å²) in [5.74, 6) is -0.687. The van der Waals surface area contributed by atoms with E-state index in [2.05, 4.69) is 30.3 Å². The lowest BCUT2D eigenvalue weighted by atomic mass is 10.2. The van der Waals surface area contributed by atoms with Crippen LogP contribution in [0.25, 0.3) is 11.4 Å². The van der Waals surface area contributed by atoms with Gasteiger partial charge in [0.25, 0.3) is 0 Å². The van der Waals surface area contributed by atoms with Gasteiger partial charge in [-0.15, -0.1) is 0 Å². The maximum atomic E-state index is 13.2. The molecule has 0 bridgehead atoms. The van der Waals surface area contributed by atoms with Crippen LogP contribution < -0.4 is 5.73 Å². The fourth-order valence-corrected chi connectivity index (χ4v) is 4.35. The molecule has 0 fully saturated rings. The van der Waals surface area contributed by atoms with E-state index in [0.29, 0.717) is 23.6 Å². The summed E-state index contributed by atoms with van der Waals surface area (Å²) >= 11 is 3.52. The molecule has 0 saturated carbocycles. The minimum Gasteiger partial charge on any atom is -0.463 e. The van der Waals surface area contributed by atoms with Crippen molar-refractivity contribution < 1.29 is 31.1 Å². The lowest BCUT2D eigenvalue weighted by Gasteiger charge is -2.11. The molecule has 15 heteroatoms. The van der Waals surface area contributed by atoms with Crippen LogP contribution in [0.1, 0.15) is 5.01 Å². The molecular weight excluding hydrogens is 563 g/mol. The van der Waals surface area contributed by atoms with Gasteiger partial charge in [0.2, 0.25) is 0 Å². The average Bonchev–Trinajstić information content (AvgIpc) is 3.21. The zero-order valence-corrected chi connectivity index (χ0v) is 21.5. The van der Waals surface area contributed by atoms with Crippen LogP contribution in [0.15, 0.2) is 44.3 Å². The number of carbonyl (C=O) groups excluding carboxylic acids is 1. The lowest BCUT2D eigenvalue weighted by molar-refractivity contribution is -0.142. The second-order valence-corrected chi connectivity index (χ2v) is 10.7. The summed E-state index contributed by atoms with van der Waals surface area (Å²) in [5.41, 5.74) is 3.75. The van der Waals surface area contributed by atoms with Gasteiger partial charge in [0, 0.05) is 18.4 Å². The molecule has 0 unspecified atom stereocenters. The zero-order valence-electron chi connectivity index (χ0n) is 18.3. The number of hydrogen-bond acceptors (Lipinski definition) is 10. The Bertz CT molecular complexity index is 1210. The second-order valence-electron chi connectivity index (χ2n) is 7.14. The number of allylic oxidation sites excluding steroid dienone is 2. The van der Waals surface area contributed by atoms with Crippen LogP contribution >= 0.6 is 27.5 Å². The third kappa shape index (κ3) is 7.85. The molecule has 9 nitrogen and oxygen atoms in total. The van der Waals surface area contributed by atoms with E-state index in [1.165, 1.54) is 18.2 Å². The van der Waals surface area contributed by atoms with Gasteiger partial charge in [0.1, 0.15) is 24.6 Å². The number of nitrogens with zero attached hydrogens (tertiary/aromatic N) is 4. The van der Waals surface area contributed by atoms with Crippen LogP contribution in [0.3, 0.4) is 0 Å². The predicted octanol–water partition coefficient (Wildman–Crippen LogP) is 2.63. The third-order valence-electron chi connectivity index (χ3n) is 4.07. The highest BCUT2D eigenvalue weighted by molar-refractivity contribution is 9.12. The molecule has 1 heterocycles. The highest BCUT2D eigenvalue weighted by atomic mass is 79.9. The lowest BCUT2D eigenvalue weighted by Crippen LogP contribution is -2.24. The molecule has 186 valence electrons. The number of esters is 1. The highest BCUT2D eigenvalue weighted by Gasteiger charge is 2.35. The number of benzene rings is 1. The number of likely N-dealkylation sites (N-methyl/N-ethyl adjacent to an activating group) is 1. The number of nitrogens with two attached hydrogens (primary N) is 1. The number of aliphatic imine (C=N–C) groups is 1. The van der Waals surface area contributed by atoms with E-state index in [0.717, 1.165) is 6.26 Å². The van der Waals surface area contributed by atoms with Crippen LogP contribution in [-0.2, 0) is 19.4 Å². The molecule has 0 atom stereocenters. The van der Waals surface area contributed by atoms with Crippen molar-refractivity contribution in [1.82, 2.24) is 14.3 Å². The Morgan fingerprint density at radius 3 is 2.59 bits per heavy atom. The summed E-state index contributed by atoms with van der Waals surface area (Å²) in [4.78, 5) is 21.9. The van der Waals surface area contributed by atoms with Crippen molar-refractivity contribution >= 4 is 49.0 Å². The monoisotopic (exact) mass is 583 g/mol. The molecule has 2 aromatic rings. The molecule has 0 radical (unpaired) electrons. The first-order valence-electron chi connectivity index (χ1n) is 9.42. The quantitative estimate of drug-likeness (QED) is 0.352. The van der Waals surface area contributed by atoms with Crippen LogP contribution in [-0.4, -0.2) is 80.6 Å². The number of hydrogen-bond donors (Lipinski definition) is 1. The van der Waals surface area contributed by atoms with Crippen LogP contribution in [0.5, 0.6) is 0 Å². The standard InChI is InChI=1S/C19H21BrF3N5O4S2/c1-28(2)7-8-32-13(29)10-25-15(14(20)16(24)19(21,22)23)18-26-17(27-33-18)11-5-4-6-12(9-11)34(3,30)31/h4-6,9H,7-8,10,24H2,1-3H3. The Kier molecular flexibility index (Phi) is 9.33. The zero-order chi connectivity index (χ0) is 25.7. The Morgan fingerprint density at radius 1 is 1.32 bits per heavy atom. The molecular formula is C19H21BrF3N5O4S2. The van der Waals surface area contributed by atoms with Crippen molar-refractivity contribution in [2.24, 2.45) is 10.7 Å². The minimum atomic E-state index is -4.87. The van der Waals surface area contributed by atoms with E-state index < -0.39 is 38.7 Å². The van der Waals surface area contributed by atoms with Gasteiger partial charge in [-0.1, -0.05) is 12.1 Å². The van der Waals surface area contributed by atoms with Crippen molar-refractivity contribution in [3.05, 3.63) is 39.5 Å². The molecule has 0 aliphatic rings. The molecule has 0 amide bonds. The van der Waals surface area contributed by atoms with E-state index in [4.69, 9.17) is 10.5 Å². The van der Waals surface area contributed by atoms with Gasteiger partial charge in [0.05, 0.1) is 9.38 Å². The van der Waals surface area contributed by atoms with Gasteiger partial charge < -0.3 is 15.4 Å². The third-order valence-corrected chi connectivity index (χ3v) is 6.70. The largest absolute Gasteiger partial charge is 0.463 e. The SMILES string of the molecule is CN(C)CCOC(=O)CN=C(C(Br)=C(N)C(F)(F)F)c1nc(-c2cccc(S(C)(=O)=O)c2)ns1. The van der Waals surface area contributed by atoms with E-state index in [1.54, 1.807) is 25.1 Å². The van der Waals surface area contributed by atoms with Gasteiger partial charge in [-0.3, -0.25) is 9.79 Å². The average molecular weight is 584 g/mol. The topological polar surface area (TPSA) is 128 Å². The Hall–Kier alpha value is -2.36. The summed E-state index contributed by atoms with van der Waals surface area (Å²) < 4.78 is 71.7. The summed E-state index contributed by atoms with van der Waals surface area (Å²) in [7, 11) is 0.0626. The van der Waals surface area contributed by atoms with Crippen molar-refractivity contribution in [2.45, 2.75) is 11.1 Å². The van der Waals surface area contributed by atoms with E-state index in [-0.39, 0.29) is 28.0 Å². The Labute approximate surface area is 206 Å². The molecule has 2 N–H and O–H groups in total. The van der Waals surface area contributed by atoms with Crippen LogP contribution in [0.4, 0.5) is 13.2 Å². The molecule has 0 aliphatic heterocycles. The first-order chi connectivity index (χ1) is 15.7. The second kappa shape index (κ2) is 11.4. The van der Waals surface area contributed by atoms with Crippen molar-refractivity contribution in [3.8, 4) is 11.4 Å². The molecule has 0 aliphatic carbocycles. The normalized spacial score (nSPS) is 13.7. The summed E-state index contributed by atoms with van der Waals surface area (Å²) in [6, 6.07) is 5.77. The molecule has 0 saturated heterocycles. The Balaban J connectivity index is 2.43. The maximum absolute atomic E-state index is 13.2. The number of ether oxygens (including phenoxy) is 1. The molecule has 1 aromatic heterocycles. The molecule has 34 heavy (non-hydrogen) atoms. The smallest absolute Gasteiger partial charge is 0.431 e. The number of carbonyl (C=O) groups is 1. The van der Waals surface area contributed by atoms with E-state index >= 15 is 0 Å². The molecule has 1 aromatic carbocycles. The maximum Gasteiger partial charge on any atom is 0.431 e. The first-order valence-corrected chi connectivity index (χ1v) is 12.9. The van der Waals surface area contributed by atoms with Crippen molar-refractivity contribution in [1.29, 1.82) is 0 Å². The summed E-state index contributed by atoms with van der Waals surface area (Å²) in [6.45, 7) is -0.0429. The number of rotatable bonds is 9. The van der Waals surface area contributed by atoms with Gasteiger partial charge in [-0.2, -0.15) is 17.5 Å². The van der Waals surface area contributed by atoms with Crippen LogP contribution in [0, 0.1) is 0 Å². The van der Waals surface area contributed by atoms with E-state index in [1.807, 2.05) is 0 Å². The predicted molar refractivity (Wildman–Crippen MR) is 126 cm³/mol. The van der Waals surface area contributed by atoms with Crippen molar-refractivity contribution in [3.63, 3.8) is 0 Å². The molecule has 2 rings (SSSR count). The Morgan fingerprint density at radius 2 is 2.00 bits per heavy atom. The number of sulfone groups is 1. The number of alkyl halides is 3. The summed E-state index contributed by atoms with van der Waals surface area (Å²) in [6.07, 6.45) is -3.83.